The number of carbonyl (C=O) groups is 2. The van der Waals surface area contributed by atoms with Gasteiger partial charge in [-0.05, 0) is 32.1 Å². The van der Waals surface area contributed by atoms with E-state index >= 15 is 0 Å². The van der Waals surface area contributed by atoms with E-state index < -0.39 is 15.4 Å². The van der Waals surface area contributed by atoms with Crippen LogP contribution in [0.5, 0.6) is 0 Å². The van der Waals surface area contributed by atoms with Crippen molar-refractivity contribution in [1.82, 2.24) is 15.1 Å². The van der Waals surface area contributed by atoms with Crippen LogP contribution in [0, 0.1) is 0 Å². The Hall–Kier alpha value is -1.15. The normalized spacial score (nSPS) is 31.9. The van der Waals surface area contributed by atoms with Gasteiger partial charge in [-0.1, -0.05) is 19.3 Å². The summed E-state index contributed by atoms with van der Waals surface area (Å²) < 4.78 is 23.6. The number of rotatable bonds is 4. The van der Waals surface area contributed by atoms with Crippen molar-refractivity contribution in [2.45, 2.75) is 69.0 Å². The summed E-state index contributed by atoms with van der Waals surface area (Å²) >= 11 is 0. The molecule has 1 unspecified atom stereocenters. The fourth-order valence-corrected chi connectivity index (χ4v) is 6.18. The van der Waals surface area contributed by atoms with Gasteiger partial charge in [0.25, 0.3) is 5.91 Å². The van der Waals surface area contributed by atoms with Crippen LogP contribution in [0.3, 0.4) is 0 Å². The summed E-state index contributed by atoms with van der Waals surface area (Å²) in [5.41, 5.74) is -0.702. The third-order valence-corrected chi connectivity index (χ3v) is 7.70. The standard InChI is InChI=1S/C16H25N3O4S/c20-14-16(7-2-1-3-8-16)17-15(21)19(14)11-18(12-4-5-12)13-6-9-24(22,23)10-13/h12-13H,1-11H2,(H,17,21). The molecule has 2 aliphatic heterocycles. The van der Waals surface area contributed by atoms with E-state index in [1.807, 2.05) is 0 Å². The first-order valence-electron chi connectivity index (χ1n) is 9.01. The number of nitrogens with zero attached hydrogens (tertiary/aromatic N) is 2. The van der Waals surface area contributed by atoms with E-state index in [0.29, 0.717) is 12.5 Å². The van der Waals surface area contributed by atoms with Crippen molar-refractivity contribution in [2.24, 2.45) is 0 Å². The zero-order valence-corrected chi connectivity index (χ0v) is 14.7. The van der Waals surface area contributed by atoms with E-state index in [2.05, 4.69) is 10.2 Å². The second kappa shape index (κ2) is 5.69. The van der Waals surface area contributed by atoms with Crippen molar-refractivity contribution in [3.05, 3.63) is 0 Å². The van der Waals surface area contributed by atoms with E-state index in [-0.39, 0.29) is 36.2 Å². The molecular formula is C16H25N3O4S. The first-order valence-corrected chi connectivity index (χ1v) is 10.8. The molecule has 24 heavy (non-hydrogen) atoms. The van der Waals surface area contributed by atoms with E-state index in [1.165, 1.54) is 4.90 Å². The number of urea groups is 1. The van der Waals surface area contributed by atoms with Crippen LogP contribution in [-0.2, 0) is 14.6 Å². The predicted octanol–water partition coefficient (Wildman–Crippen LogP) is 0.850. The van der Waals surface area contributed by atoms with E-state index in [4.69, 9.17) is 0 Å². The van der Waals surface area contributed by atoms with Gasteiger partial charge >= 0.3 is 6.03 Å². The minimum Gasteiger partial charge on any atom is -0.323 e. The highest BCUT2D eigenvalue weighted by Crippen LogP contribution is 2.36. The van der Waals surface area contributed by atoms with Crippen LogP contribution >= 0.6 is 0 Å². The van der Waals surface area contributed by atoms with Crippen LogP contribution in [0.15, 0.2) is 0 Å². The summed E-state index contributed by atoms with van der Waals surface area (Å²) in [6, 6.07) is -0.0637. The number of hydrogen-bond donors (Lipinski definition) is 1. The minimum atomic E-state index is -2.98. The van der Waals surface area contributed by atoms with Gasteiger partial charge in [0.15, 0.2) is 9.84 Å². The topological polar surface area (TPSA) is 86.8 Å². The highest BCUT2D eigenvalue weighted by Gasteiger charge is 2.52. The number of hydrogen-bond acceptors (Lipinski definition) is 5. The van der Waals surface area contributed by atoms with Gasteiger partial charge in [-0.25, -0.2) is 18.1 Å². The third kappa shape index (κ3) is 2.83. The zero-order valence-electron chi connectivity index (χ0n) is 13.9. The van der Waals surface area contributed by atoms with Crippen molar-refractivity contribution in [3.63, 3.8) is 0 Å². The average Bonchev–Trinajstić information content (AvgIpc) is 3.27. The van der Waals surface area contributed by atoms with Crippen molar-refractivity contribution in [3.8, 4) is 0 Å². The Bertz CT molecular complexity index is 652. The fourth-order valence-electron chi connectivity index (χ4n) is 4.43. The first-order chi connectivity index (χ1) is 11.4. The summed E-state index contributed by atoms with van der Waals surface area (Å²) in [7, 11) is -2.98. The summed E-state index contributed by atoms with van der Waals surface area (Å²) in [5.74, 6) is 0.252. The predicted molar refractivity (Wildman–Crippen MR) is 88.0 cm³/mol. The van der Waals surface area contributed by atoms with Gasteiger partial charge in [-0.2, -0.15) is 0 Å². The Morgan fingerprint density at radius 1 is 1.08 bits per heavy atom. The molecule has 1 N–H and O–H groups in total. The van der Waals surface area contributed by atoms with Crippen LogP contribution in [0.1, 0.15) is 51.4 Å². The Morgan fingerprint density at radius 3 is 2.38 bits per heavy atom. The van der Waals surface area contributed by atoms with Gasteiger partial charge in [0.2, 0.25) is 0 Å². The second-order valence-corrected chi connectivity index (χ2v) is 9.98. The largest absolute Gasteiger partial charge is 0.326 e. The van der Waals surface area contributed by atoms with Crippen LogP contribution in [0.25, 0.3) is 0 Å². The lowest BCUT2D eigenvalue weighted by molar-refractivity contribution is -0.134. The summed E-state index contributed by atoms with van der Waals surface area (Å²) in [6.07, 6.45) is 7.12. The molecular weight excluding hydrogens is 330 g/mol. The summed E-state index contributed by atoms with van der Waals surface area (Å²) in [6.45, 7) is 0.233. The van der Waals surface area contributed by atoms with E-state index in [1.54, 1.807) is 0 Å². The van der Waals surface area contributed by atoms with Crippen molar-refractivity contribution >= 4 is 21.8 Å². The lowest BCUT2D eigenvalue weighted by Crippen LogP contribution is -2.50. The fraction of sp³-hybridized carbons (Fsp3) is 0.875. The number of imide groups is 1. The lowest BCUT2D eigenvalue weighted by Gasteiger charge is -2.33. The maximum Gasteiger partial charge on any atom is 0.326 e. The van der Waals surface area contributed by atoms with Gasteiger partial charge in [-0.15, -0.1) is 0 Å². The molecule has 0 aromatic rings. The molecule has 0 bridgehead atoms. The number of carbonyl (C=O) groups excluding carboxylic acids is 2. The quantitative estimate of drug-likeness (QED) is 0.756. The Labute approximate surface area is 142 Å². The highest BCUT2D eigenvalue weighted by molar-refractivity contribution is 7.91. The second-order valence-electron chi connectivity index (χ2n) is 7.75. The number of sulfone groups is 1. The third-order valence-electron chi connectivity index (χ3n) is 5.95. The molecule has 134 valence electrons. The van der Waals surface area contributed by atoms with Crippen LogP contribution in [0.4, 0.5) is 4.79 Å². The molecule has 0 aromatic carbocycles. The molecule has 0 radical (unpaired) electrons. The molecule has 1 atom stereocenters. The summed E-state index contributed by atoms with van der Waals surface area (Å²) in [4.78, 5) is 28.8. The molecule has 0 aromatic heterocycles. The molecule has 7 nitrogen and oxygen atoms in total. The molecule has 8 heteroatoms. The van der Waals surface area contributed by atoms with Crippen LogP contribution in [-0.4, -0.2) is 66.0 Å². The minimum absolute atomic E-state index is 0.0639. The molecule has 2 aliphatic carbocycles. The van der Waals surface area contributed by atoms with E-state index in [9.17, 15) is 18.0 Å². The van der Waals surface area contributed by atoms with Crippen molar-refractivity contribution in [2.75, 3.05) is 18.2 Å². The van der Waals surface area contributed by atoms with Gasteiger partial charge in [-0.3, -0.25) is 9.69 Å². The summed E-state index contributed by atoms with van der Waals surface area (Å²) in [5, 5.41) is 2.93. The average molecular weight is 355 g/mol. The SMILES string of the molecule is O=C1NC2(CCCCC2)C(=O)N1CN(C1CC1)C1CCS(=O)(=O)C1. The lowest BCUT2D eigenvalue weighted by atomic mass is 9.82. The van der Waals surface area contributed by atoms with E-state index in [0.717, 1.165) is 44.9 Å². The molecule has 2 saturated carbocycles. The van der Waals surface area contributed by atoms with Gasteiger partial charge in [0, 0.05) is 12.1 Å². The number of amides is 3. The Kier molecular flexibility index (Phi) is 3.87. The Balaban J connectivity index is 1.50. The first kappa shape index (κ1) is 16.3. The zero-order chi connectivity index (χ0) is 16.9. The van der Waals surface area contributed by atoms with Crippen LogP contribution in [0.2, 0.25) is 0 Å². The van der Waals surface area contributed by atoms with Crippen molar-refractivity contribution in [1.29, 1.82) is 0 Å². The molecule has 3 amide bonds. The van der Waals surface area contributed by atoms with Gasteiger partial charge in [0.05, 0.1) is 18.2 Å². The molecule has 4 rings (SSSR count). The Morgan fingerprint density at radius 2 is 1.79 bits per heavy atom. The molecule has 1 spiro atoms. The molecule has 4 fully saturated rings. The van der Waals surface area contributed by atoms with Gasteiger partial charge < -0.3 is 5.32 Å². The van der Waals surface area contributed by atoms with Crippen LogP contribution < -0.4 is 5.32 Å². The molecule has 2 heterocycles. The maximum atomic E-state index is 12.9. The monoisotopic (exact) mass is 355 g/mol. The van der Waals surface area contributed by atoms with Gasteiger partial charge in [0.1, 0.15) is 5.54 Å². The smallest absolute Gasteiger partial charge is 0.323 e. The maximum absolute atomic E-state index is 12.9. The molecule has 2 saturated heterocycles. The number of nitrogens with one attached hydrogen (secondary N) is 1. The highest BCUT2D eigenvalue weighted by atomic mass is 32.2. The molecule has 4 aliphatic rings. The van der Waals surface area contributed by atoms with Crippen molar-refractivity contribution < 1.29 is 18.0 Å².